The van der Waals surface area contributed by atoms with Crippen molar-refractivity contribution in [3.63, 3.8) is 0 Å². The zero-order valence-corrected chi connectivity index (χ0v) is 6.61. The number of alkyl halides is 3. The molecule has 0 aromatic heterocycles. The quantitative estimate of drug-likeness (QED) is 0.690. The molecule has 0 aromatic rings. The largest absolute Gasteiger partial charge is 0.389 e. The molecule has 0 radical (unpaired) electrons. The van der Waals surface area contributed by atoms with Gasteiger partial charge in [-0.3, -0.25) is 4.57 Å². The van der Waals surface area contributed by atoms with Crippen LogP contribution in [0, 0.1) is 0 Å². The minimum absolute atomic E-state index is 0.229. The second-order valence-corrected chi connectivity index (χ2v) is 3.34. The van der Waals surface area contributed by atoms with Crippen LogP contribution in [0.4, 0.5) is 13.2 Å². The summed E-state index contributed by atoms with van der Waals surface area (Å²) in [6.07, 6.45) is -5.82. The van der Waals surface area contributed by atoms with Gasteiger partial charge < -0.3 is 4.89 Å². The van der Waals surface area contributed by atoms with Crippen LogP contribution in [-0.2, 0) is 4.57 Å². The van der Waals surface area contributed by atoms with Crippen molar-refractivity contribution in [3.05, 3.63) is 11.9 Å². The summed E-state index contributed by atoms with van der Waals surface area (Å²) in [4.78, 5) is 8.30. The smallest absolute Gasteiger partial charge is 0.343 e. The van der Waals surface area contributed by atoms with E-state index >= 15 is 0 Å². The Morgan fingerprint density at radius 2 is 2.00 bits per heavy atom. The highest BCUT2D eigenvalue weighted by atomic mass is 31.1. The Balaban J connectivity index is 3.73. The summed E-state index contributed by atoms with van der Waals surface area (Å²) >= 11 is 0. The van der Waals surface area contributed by atoms with Gasteiger partial charge in [0.15, 0.2) is 0 Å². The van der Waals surface area contributed by atoms with Crippen molar-refractivity contribution in [2.45, 2.75) is 19.0 Å². The number of allylic oxidation sites excluding steroid dienone is 1. The molecule has 0 aromatic carbocycles. The molecule has 0 aliphatic carbocycles. The van der Waals surface area contributed by atoms with E-state index in [0.29, 0.717) is 0 Å². The summed E-state index contributed by atoms with van der Waals surface area (Å²) in [6, 6.07) is 0. The van der Waals surface area contributed by atoms with Gasteiger partial charge >= 0.3 is 6.18 Å². The number of halogens is 3. The zero-order chi connectivity index (χ0) is 9.07. The van der Waals surface area contributed by atoms with E-state index in [0.717, 1.165) is 0 Å². The molecule has 0 fully saturated rings. The minimum atomic E-state index is -4.28. The van der Waals surface area contributed by atoms with Gasteiger partial charge in [0.1, 0.15) is 0 Å². The van der Waals surface area contributed by atoms with Crippen molar-refractivity contribution in [2.24, 2.45) is 0 Å². The summed E-state index contributed by atoms with van der Waals surface area (Å²) in [6.45, 7) is 3.04. The first-order valence-electron chi connectivity index (χ1n) is 2.81. The number of rotatable bonds is 3. The third kappa shape index (κ3) is 6.13. The molecular weight excluding hydrogens is 180 g/mol. The highest BCUT2D eigenvalue weighted by molar-refractivity contribution is 7.43. The van der Waals surface area contributed by atoms with Gasteiger partial charge in [0.05, 0.1) is 0 Å². The molecule has 6 heteroatoms. The standard InChI is InChI=1S/C5H8F3O2P/c1-4(11(9)10)2-3-5(6,7)8/h11H,1-3H2,(H,9,10). The average molecular weight is 188 g/mol. The lowest BCUT2D eigenvalue weighted by molar-refractivity contribution is -0.133. The lowest BCUT2D eigenvalue weighted by Crippen LogP contribution is -2.06. The highest BCUT2D eigenvalue weighted by Gasteiger charge is 2.27. The summed E-state index contributed by atoms with van der Waals surface area (Å²) in [5.74, 6) is 0. The van der Waals surface area contributed by atoms with Crippen LogP contribution in [-0.4, -0.2) is 11.1 Å². The molecule has 1 N–H and O–H groups in total. The third-order valence-corrected chi connectivity index (χ3v) is 1.87. The van der Waals surface area contributed by atoms with E-state index in [-0.39, 0.29) is 5.31 Å². The van der Waals surface area contributed by atoms with Gasteiger partial charge in [-0.25, -0.2) is 0 Å². The van der Waals surface area contributed by atoms with Gasteiger partial charge in [0, 0.05) is 11.7 Å². The van der Waals surface area contributed by atoms with E-state index in [9.17, 15) is 17.7 Å². The summed E-state index contributed by atoms with van der Waals surface area (Å²) in [5, 5.41) is -0.229. The van der Waals surface area contributed by atoms with E-state index in [1.54, 1.807) is 0 Å². The highest BCUT2D eigenvalue weighted by Crippen LogP contribution is 2.32. The molecule has 11 heavy (non-hydrogen) atoms. The molecule has 1 unspecified atom stereocenters. The van der Waals surface area contributed by atoms with Crippen molar-refractivity contribution in [1.29, 1.82) is 0 Å². The van der Waals surface area contributed by atoms with Gasteiger partial charge in [-0.15, -0.1) is 0 Å². The van der Waals surface area contributed by atoms with Crippen LogP contribution in [0.15, 0.2) is 11.9 Å². The van der Waals surface area contributed by atoms with Gasteiger partial charge in [-0.2, -0.15) is 13.2 Å². The molecule has 66 valence electrons. The van der Waals surface area contributed by atoms with Crippen molar-refractivity contribution in [2.75, 3.05) is 0 Å². The molecular formula is C5H8F3O2P. The summed E-state index contributed by atoms with van der Waals surface area (Å²) < 4.78 is 44.5. The van der Waals surface area contributed by atoms with E-state index in [2.05, 4.69) is 6.58 Å². The van der Waals surface area contributed by atoms with Crippen molar-refractivity contribution >= 4 is 8.03 Å². The molecule has 0 spiro atoms. The Hall–Kier alpha value is -0.280. The van der Waals surface area contributed by atoms with Crippen LogP contribution >= 0.6 is 8.03 Å². The second kappa shape index (κ2) is 3.93. The van der Waals surface area contributed by atoms with Crippen molar-refractivity contribution < 1.29 is 22.6 Å². The first-order valence-corrected chi connectivity index (χ1v) is 4.16. The second-order valence-electron chi connectivity index (χ2n) is 2.02. The van der Waals surface area contributed by atoms with Gasteiger partial charge in [0.2, 0.25) is 8.03 Å². The van der Waals surface area contributed by atoms with Gasteiger partial charge in [-0.05, 0) is 6.42 Å². The van der Waals surface area contributed by atoms with Crippen LogP contribution in [0.25, 0.3) is 0 Å². The van der Waals surface area contributed by atoms with Gasteiger partial charge in [0.25, 0.3) is 0 Å². The molecule has 0 rings (SSSR count). The van der Waals surface area contributed by atoms with Crippen LogP contribution in [0.3, 0.4) is 0 Å². The summed E-state index contributed by atoms with van der Waals surface area (Å²) in [7, 11) is -2.98. The normalized spacial score (nSPS) is 14.5. The molecule has 1 atom stereocenters. The first kappa shape index (κ1) is 10.7. The zero-order valence-electron chi connectivity index (χ0n) is 5.61. The maximum absolute atomic E-state index is 11.5. The number of hydrogen-bond donors (Lipinski definition) is 1. The Morgan fingerprint density at radius 1 is 1.55 bits per heavy atom. The minimum Gasteiger partial charge on any atom is -0.343 e. The third-order valence-electron chi connectivity index (χ3n) is 1.01. The molecule has 0 saturated carbocycles. The van der Waals surface area contributed by atoms with Crippen LogP contribution in [0.5, 0.6) is 0 Å². The van der Waals surface area contributed by atoms with E-state index in [1.165, 1.54) is 0 Å². The monoisotopic (exact) mass is 188 g/mol. The summed E-state index contributed by atoms with van der Waals surface area (Å²) in [5.41, 5.74) is 0. The van der Waals surface area contributed by atoms with Crippen LogP contribution in [0.2, 0.25) is 0 Å². The Morgan fingerprint density at radius 3 is 2.27 bits per heavy atom. The molecule has 0 aliphatic heterocycles. The van der Waals surface area contributed by atoms with Gasteiger partial charge in [-0.1, -0.05) is 6.58 Å². The molecule has 2 nitrogen and oxygen atoms in total. The molecule has 0 heterocycles. The van der Waals surface area contributed by atoms with Crippen molar-refractivity contribution in [1.82, 2.24) is 0 Å². The van der Waals surface area contributed by atoms with E-state index < -0.39 is 27.0 Å². The van der Waals surface area contributed by atoms with E-state index in [1.807, 2.05) is 0 Å². The Kier molecular flexibility index (Phi) is 3.83. The van der Waals surface area contributed by atoms with Crippen molar-refractivity contribution in [3.8, 4) is 0 Å². The topological polar surface area (TPSA) is 37.3 Å². The fourth-order valence-electron chi connectivity index (χ4n) is 0.400. The fourth-order valence-corrected chi connectivity index (χ4v) is 0.738. The lowest BCUT2D eigenvalue weighted by Gasteiger charge is -2.05. The molecule has 0 aliphatic rings. The molecule has 0 bridgehead atoms. The fraction of sp³-hybridized carbons (Fsp3) is 0.600. The average Bonchev–Trinajstić information content (AvgIpc) is 1.80. The Bertz CT molecular complexity index is 175. The van der Waals surface area contributed by atoms with E-state index in [4.69, 9.17) is 4.89 Å². The van der Waals surface area contributed by atoms with Crippen LogP contribution < -0.4 is 0 Å². The Labute approximate surface area is 62.6 Å². The maximum Gasteiger partial charge on any atom is 0.389 e. The predicted octanol–water partition coefficient (Wildman–Crippen LogP) is 2.31. The predicted molar refractivity (Wildman–Crippen MR) is 35.6 cm³/mol. The molecule has 0 saturated heterocycles. The lowest BCUT2D eigenvalue weighted by atomic mass is 10.3. The maximum atomic E-state index is 11.5. The molecule has 0 amide bonds. The number of hydrogen-bond acceptors (Lipinski definition) is 1. The van der Waals surface area contributed by atoms with Crippen LogP contribution in [0.1, 0.15) is 12.8 Å². The first-order chi connectivity index (χ1) is 4.83. The SMILES string of the molecule is C=C(CCC(F)(F)F)[PH](=O)O.